The highest BCUT2D eigenvalue weighted by molar-refractivity contribution is 5.85. The predicted molar refractivity (Wildman–Crippen MR) is 71.8 cm³/mol. The van der Waals surface area contributed by atoms with Gasteiger partial charge < -0.3 is 21.1 Å². The zero-order valence-corrected chi connectivity index (χ0v) is 11.2. The van der Waals surface area contributed by atoms with Crippen molar-refractivity contribution in [2.75, 3.05) is 0 Å². The van der Waals surface area contributed by atoms with E-state index in [0.717, 1.165) is 19.3 Å². The van der Waals surface area contributed by atoms with Gasteiger partial charge in [-0.05, 0) is 19.3 Å². The number of nitrogens with two attached hydrogens (primary N) is 1. The van der Waals surface area contributed by atoms with Crippen molar-refractivity contribution < 1.29 is 14.7 Å². The Bertz CT molecular complexity index is 460. The van der Waals surface area contributed by atoms with E-state index in [9.17, 15) is 14.7 Å². The monoisotopic (exact) mass is 280 g/mol. The minimum absolute atomic E-state index is 0.0374. The molecule has 0 bridgehead atoms. The molecule has 1 aromatic rings. The molecule has 0 spiro atoms. The lowest BCUT2D eigenvalue weighted by Crippen LogP contribution is -2.46. The molecule has 0 aliphatic heterocycles. The highest BCUT2D eigenvalue weighted by atomic mass is 16.4. The average molecular weight is 280 g/mol. The van der Waals surface area contributed by atoms with Crippen LogP contribution in [0.3, 0.4) is 0 Å². The third kappa shape index (κ3) is 3.80. The smallest absolute Gasteiger partial charge is 0.326 e. The van der Waals surface area contributed by atoms with E-state index in [2.05, 4.69) is 15.3 Å². The van der Waals surface area contributed by atoms with Gasteiger partial charge in [0, 0.05) is 30.3 Å². The Kier molecular flexibility index (Phi) is 4.73. The number of aromatic nitrogens is 2. The second-order valence-electron chi connectivity index (χ2n) is 5.30. The van der Waals surface area contributed by atoms with Gasteiger partial charge in [0.25, 0.3) is 0 Å². The van der Waals surface area contributed by atoms with Crippen LogP contribution < -0.4 is 11.1 Å². The Hall–Kier alpha value is -1.89. The molecule has 0 saturated heterocycles. The van der Waals surface area contributed by atoms with Gasteiger partial charge in [0.15, 0.2) is 0 Å². The number of carbonyl (C=O) groups excluding carboxylic acids is 1. The lowest BCUT2D eigenvalue weighted by Gasteiger charge is -2.26. The molecule has 2 unspecified atom stereocenters. The summed E-state index contributed by atoms with van der Waals surface area (Å²) >= 11 is 0. The zero-order valence-electron chi connectivity index (χ0n) is 11.2. The van der Waals surface area contributed by atoms with Gasteiger partial charge in [0.05, 0.1) is 6.33 Å². The highest BCUT2D eigenvalue weighted by Crippen LogP contribution is 2.23. The normalized spacial score (nSPS) is 24.1. The van der Waals surface area contributed by atoms with Crippen LogP contribution in [-0.2, 0) is 16.0 Å². The van der Waals surface area contributed by atoms with E-state index in [-0.39, 0.29) is 24.3 Å². The van der Waals surface area contributed by atoms with Gasteiger partial charge >= 0.3 is 5.97 Å². The van der Waals surface area contributed by atoms with Crippen LogP contribution in [0.1, 0.15) is 31.4 Å². The molecule has 3 atom stereocenters. The number of carboxylic acid groups (broad SMARTS) is 1. The van der Waals surface area contributed by atoms with E-state index >= 15 is 0 Å². The van der Waals surface area contributed by atoms with E-state index in [1.807, 2.05) is 0 Å². The first-order valence-corrected chi connectivity index (χ1v) is 6.82. The molecule has 7 nitrogen and oxygen atoms in total. The van der Waals surface area contributed by atoms with Crippen molar-refractivity contribution in [1.29, 1.82) is 0 Å². The van der Waals surface area contributed by atoms with Gasteiger partial charge in [-0.3, -0.25) is 4.79 Å². The molecule has 5 N–H and O–H groups in total. The Morgan fingerprint density at radius 1 is 1.55 bits per heavy atom. The molecule has 1 saturated carbocycles. The van der Waals surface area contributed by atoms with Crippen LogP contribution in [0.25, 0.3) is 0 Å². The van der Waals surface area contributed by atoms with E-state index < -0.39 is 12.0 Å². The summed E-state index contributed by atoms with van der Waals surface area (Å²) in [4.78, 5) is 30.0. The third-order valence-corrected chi connectivity index (χ3v) is 3.68. The Labute approximate surface area is 117 Å². The zero-order chi connectivity index (χ0) is 14.5. The second-order valence-corrected chi connectivity index (χ2v) is 5.30. The summed E-state index contributed by atoms with van der Waals surface area (Å²) in [5.41, 5.74) is 6.53. The van der Waals surface area contributed by atoms with Gasteiger partial charge in [-0.15, -0.1) is 0 Å². The first-order chi connectivity index (χ1) is 9.56. The van der Waals surface area contributed by atoms with Crippen molar-refractivity contribution in [3.63, 3.8) is 0 Å². The fourth-order valence-electron chi connectivity index (χ4n) is 2.57. The van der Waals surface area contributed by atoms with Crippen LogP contribution in [0.4, 0.5) is 0 Å². The lowest BCUT2D eigenvalue weighted by atomic mass is 9.85. The fourth-order valence-corrected chi connectivity index (χ4v) is 2.57. The second kappa shape index (κ2) is 6.51. The van der Waals surface area contributed by atoms with Gasteiger partial charge in [0.1, 0.15) is 6.04 Å². The molecule has 2 rings (SSSR count). The maximum atomic E-state index is 12.1. The van der Waals surface area contributed by atoms with Crippen molar-refractivity contribution >= 4 is 11.9 Å². The summed E-state index contributed by atoms with van der Waals surface area (Å²) in [5, 5.41) is 11.8. The molecule has 0 aromatic carbocycles. The number of carboxylic acids is 1. The predicted octanol–water partition coefficient (Wildman–Crippen LogP) is 0.0391. The number of hydrogen-bond donors (Lipinski definition) is 4. The van der Waals surface area contributed by atoms with Gasteiger partial charge in [-0.1, -0.05) is 6.42 Å². The number of nitrogens with one attached hydrogen (secondary N) is 2. The summed E-state index contributed by atoms with van der Waals surface area (Å²) in [5.74, 6) is -1.44. The van der Waals surface area contributed by atoms with E-state index in [4.69, 9.17) is 5.73 Å². The van der Waals surface area contributed by atoms with Crippen molar-refractivity contribution in [1.82, 2.24) is 15.3 Å². The number of H-pyrrole nitrogens is 1. The molecular formula is C13H20N4O3. The number of carbonyl (C=O) groups is 2. The number of nitrogens with zero attached hydrogens (tertiary/aromatic N) is 1. The number of aromatic amines is 1. The van der Waals surface area contributed by atoms with Crippen LogP contribution in [0.15, 0.2) is 12.5 Å². The molecule has 110 valence electrons. The molecule has 0 radical (unpaired) electrons. The van der Waals surface area contributed by atoms with Crippen molar-refractivity contribution in [2.45, 2.75) is 44.2 Å². The van der Waals surface area contributed by atoms with E-state index in [0.29, 0.717) is 12.1 Å². The molecule has 7 heteroatoms. The number of rotatable bonds is 5. The minimum Gasteiger partial charge on any atom is -0.480 e. The fraction of sp³-hybridized carbons (Fsp3) is 0.615. The molecule has 20 heavy (non-hydrogen) atoms. The molecule has 1 aliphatic carbocycles. The minimum atomic E-state index is -1.05. The summed E-state index contributed by atoms with van der Waals surface area (Å²) in [6.07, 6.45) is 6.48. The first kappa shape index (κ1) is 14.5. The quantitative estimate of drug-likeness (QED) is 0.606. The summed E-state index contributed by atoms with van der Waals surface area (Å²) in [6.45, 7) is 0. The molecule has 1 heterocycles. The lowest BCUT2D eigenvalue weighted by molar-refractivity contribution is -0.142. The molecular weight excluding hydrogens is 260 g/mol. The number of imidazole rings is 1. The number of amides is 1. The summed E-state index contributed by atoms with van der Waals surface area (Å²) in [7, 11) is 0. The summed E-state index contributed by atoms with van der Waals surface area (Å²) < 4.78 is 0. The standard InChI is InChI=1S/C13H20N4O3/c14-9-3-1-2-8(4-9)12(18)17-11(13(19)20)5-10-6-15-7-16-10/h6-9,11H,1-5,14H2,(H,15,16)(H,17,18)(H,19,20)/t8?,9?,11-/m0/s1. The maximum absolute atomic E-state index is 12.1. The maximum Gasteiger partial charge on any atom is 0.326 e. The average Bonchev–Trinajstić information content (AvgIpc) is 2.90. The molecule has 1 fully saturated rings. The van der Waals surface area contributed by atoms with Crippen LogP contribution in [0, 0.1) is 5.92 Å². The van der Waals surface area contributed by atoms with Crippen molar-refractivity contribution in [3.8, 4) is 0 Å². The number of aliphatic carboxylic acids is 1. The SMILES string of the molecule is NC1CCCC(C(=O)N[C@@H](Cc2cnc[nH]2)C(=O)O)C1. The highest BCUT2D eigenvalue weighted by Gasteiger charge is 2.29. The third-order valence-electron chi connectivity index (χ3n) is 3.68. The van der Waals surface area contributed by atoms with Crippen LogP contribution in [-0.4, -0.2) is 39.0 Å². The van der Waals surface area contributed by atoms with Crippen LogP contribution in [0.5, 0.6) is 0 Å². The van der Waals surface area contributed by atoms with Crippen molar-refractivity contribution in [3.05, 3.63) is 18.2 Å². The van der Waals surface area contributed by atoms with E-state index in [1.54, 1.807) is 6.20 Å². The van der Waals surface area contributed by atoms with E-state index in [1.165, 1.54) is 6.33 Å². The molecule has 1 aliphatic rings. The Morgan fingerprint density at radius 2 is 2.35 bits per heavy atom. The number of hydrogen-bond acceptors (Lipinski definition) is 4. The van der Waals surface area contributed by atoms with Gasteiger partial charge in [0.2, 0.25) is 5.91 Å². The molecule has 1 amide bonds. The van der Waals surface area contributed by atoms with Crippen LogP contribution >= 0.6 is 0 Å². The van der Waals surface area contributed by atoms with Crippen LogP contribution in [0.2, 0.25) is 0 Å². The van der Waals surface area contributed by atoms with Crippen molar-refractivity contribution in [2.24, 2.45) is 11.7 Å². The Balaban J connectivity index is 1.93. The summed E-state index contributed by atoms with van der Waals surface area (Å²) in [6, 6.07) is -0.906. The topological polar surface area (TPSA) is 121 Å². The first-order valence-electron chi connectivity index (χ1n) is 6.82. The molecule has 1 aromatic heterocycles. The van der Waals surface area contributed by atoms with Gasteiger partial charge in [-0.25, -0.2) is 9.78 Å². The largest absolute Gasteiger partial charge is 0.480 e. The Morgan fingerprint density at radius 3 is 2.95 bits per heavy atom. The van der Waals surface area contributed by atoms with Gasteiger partial charge in [-0.2, -0.15) is 0 Å².